The third-order valence-corrected chi connectivity index (χ3v) is 3.19. The molecule has 0 aliphatic rings. The Bertz CT molecular complexity index is 504. The first-order valence-corrected chi connectivity index (χ1v) is 6.30. The van der Waals surface area contributed by atoms with Crippen LogP contribution in [-0.2, 0) is 0 Å². The average Bonchev–Trinajstić information content (AvgIpc) is 2.30. The highest BCUT2D eigenvalue weighted by Crippen LogP contribution is 2.28. The van der Waals surface area contributed by atoms with E-state index in [0.717, 1.165) is 20.7 Å². The summed E-state index contributed by atoms with van der Waals surface area (Å²) in [5.41, 5.74) is 1.91. The minimum Gasteiger partial charge on any atom is -0.376 e. The first-order valence-electron chi connectivity index (χ1n) is 5.13. The summed E-state index contributed by atoms with van der Waals surface area (Å²) in [6.07, 6.45) is 4.97. The van der Waals surface area contributed by atoms with Crippen LogP contribution in [0.1, 0.15) is 18.5 Å². The summed E-state index contributed by atoms with van der Waals surface area (Å²) >= 11 is 9.58. The Morgan fingerprint density at radius 1 is 1.29 bits per heavy atom. The maximum atomic E-state index is 6.19. The molecular formula is C12H11BrClN3. The molecule has 0 saturated heterocycles. The number of nitrogens with one attached hydrogen (secondary N) is 1. The Kier molecular flexibility index (Phi) is 3.97. The van der Waals surface area contributed by atoms with E-state index in [4.69, 9.17) is 11.6 Å². The molecule has 0 fully saturated rings. The maximum absolute atomic E-state index is 6.19. The summed E-state index contributed by atoms with van der Waals surface area (Å²) < 4.78 is 0.974. The van der Waals surface area contributed by atoms with Crippen LogP contribution in [-0.4, -0.2) is 9.97 Å². The van der Waals surface area contributed by atoms with Crippen LogP contribution in [0.4, 0.5) is 5.69 Å². The lowest BCUT2D eigenvalue weighted by atomic mass is 10.1. The SMILES string of the molecule is CC(Nc1cncnc1)c1ccc(Br)cc1Cl. The fraction of sp³-hybridized carbons (Fsp3) is 0.167. The predicted molar refractivity (Wildman–Crippen MR) is 73.2 cm³/mol. The summed E-state index contributed by atoms with van der Waals surface area (Å²) in [6, 6.07) is 5.95. The number of rotatable bonds is 3. The maximum Gasteiger partial charge on any atom is 0.115 e. The van der Waals surface area contributed by atoms with Gasteiger partial charge in [0.15, 0.2) is 0 Å². The van der Waals surface area contributed by atoms with Crippen molar-refractivity contribution in [2.45, 2.75) is 13.0 Å². The van der Waals surface area contributed by atoms with Gasteiger partial charge in [0, 0.05) is 9.50 Å². The van der Waals surface area contributed by atoms with Crippen LogP contribution < -0.4 is 5.32 Å². The van der Waals surface area contributed by atoms with E-state index < -0.39 is 0 Å². The molecule has 3 nitrogen and oxygen atoms in total. The zero-order chi connectivity index (χ0) is 12.3. The molecule has 0 aliphatic carbocycles. The lowest BCUT2D eigenvalue weighted by Gasteiger charge is -2.16. The lowest BCUT2D eigenvalue weighted by molar-refractivity contribution is 0.879. The molecule has 2 rings (SSSR count). The Hall–Kier alpha value is -1.13. The van der Waals surface area contributed by atoms with Gasteiger partial charge in [0.1, 0.15) is 6.33 Å². The molecule has 0 radical (unpaired) electrons. The van der Waals surface area contributed by atoms with Gasteiger partial charge in [-0.05, 0) is 24.6 Å². The largest absolute Gasteiger partial charge is 0.376 e. The third-order valence-electron chi connectivity index (χ3n) is 2.37. The van der Waals surface area contributed by atoms with Crippen LogP contribution in [0.3, 0.4) is 0 Å². The average molecular weight is 313 g/mol. The van der Waals surface area contributed by atoms with E-state index in [1.165, 1.54) is 6.33 Å². The monoisotopic (exact) mass is 311 g/mol. The highest BCUT2D eigenvalue weighted by Gasteiger charge is 2.09. The van der Waals surface area contributed by atoms with Crippen LogP contribution in [0, 0.1) is 0 Å². The van der Waals surface area contributed by atoms with E-state index >= 15 is 0 Å². The van der Waals surface area contributed by atoms with Gasteiger partial charge in [-0.1, -0.05) is 33.6 Å². The number of aromatic nitrogens is 2. The summed E-state index contributed by atoms with van der Waals surface area (Å²) in [4.78, 5) is 7.91. The van der Waals surface area contributed by atoms with Crippen molar-refractivity contribution in [1.82, 2.24) is 9.97 Å². The fourth-order valence-electron chi connectivity index (χ4n) is 1.55. The summed E-state index contributed by atoms with van der Waals surface area (Å²) in [5, 5.41) is 4.03. The van der Waals surface area contributed by atoms with E-state index in [9.17, 15) is 0 Å². The standard InChI is InChI=1S/C12H11BrClN3/c1-8(17-10-5-15-7-16-6-10)11-3-2-9(13)4-12(11)14/h2-8,17H,1H3. The van der Waals surface area contributed by atoms with E-state index in [2.05, 4.69) is 31.2 Å². The van der Waals surface area contributed by atoms with Gasteiger partial charge in [-0.3, -0.25) is 0 Å². The molecule has 0 bridgehead atoms. The molecule has 0 amide bonds. The van der Waals surface area contributed by atoms with Crippen molar-refractivity contribution in [3.05, 3.63) is 52.0 Å². The number of anilines is 1. The third kappa shape index (κ3) is 3.17. The Balaban J connectivity index is 2.17. The molecular weight excluding hydrogens is 302 g/mol. The van der Waals surface area contributed by atoms with E-state index in [-0.39, 0.29) is 6.04 Å². The smallest absolute Gasteiger partial charge is 0.115 e. The van der Waals surface area contributed by atoms with Gasteiger partial charge in [-0.2, -0.15) is 0 Å². The number of nitrogens with zero attached hydrogens (tertiary/aromatic N) is 2. The van der Waals surface area contributed by atoms with Crippen molar-refractivity contribution in [2.24, 2.45) is 0 Å². The second-order valence-corrected chi connectivity index (χ2v) is 4.98. The molecule has 1 unspecified atom stereocenters. The van der Waals surface area contributed by atoms with Gasteiger partial charge in [0.2, 0.25) is 0 Å². The fourth-order valence-corrected chi connectivity index (χ4v) is 2.39. The van der Waals surface area contributed by atoms with E-state index in [0.29, 0.717) is 0 Å². The van der Waals surface area contributed by atoms with Gasteiger partial charge in [0.25, 0.3) is 0 Å². The van der Waals surface area contributed by atoms with Crippen molar-refractivity contribution < 1.29 is 0 Å². The molecule has 1 aromatic carbocycles. The zero-order valence-electron chi connectivity index (χ0n) is 9.19. The summed E-state index contributed by atoms with van der Waals surface area (Å²) in [7, 11) is 0. The number of hydrogen-bond acceptors (Lipinski definition) is 3. The molecule has 0 aliphatic heterocycles. The highest BCUT2D eigenvalue weighted by molar-refractivity contribution is 9.10. The molecule has 1 aromatic heterocycles. The number of halogens is 2. The van der Waals surface area contributed by atoms with Gasteiger partial charge >= 0.3 is 0 Å². The van der Waals surface area contributed by atoms with E-state index in [1.54, 1.807) is 12.4 Å². The molecule has 5 heteroatoms. The minimum absolute atomic E-state index is 0.0987. The normalized spacial score (nSPS) is 12.2. The molecule has 1 atom stereocenters. The lowest BCUT2D eigenvalue weighted by Crippen LogP contribution is -2.07. The zero-order valence-corrected chi connectivity index (χ0v) is 11.5. The molecule has 0 spiro atoms. The second kappa shape index (κ2) is 5.47. The quantitative estimate of drug-likeness (QED) is 0.928. The van der Waals surface area contributed by atoms with Gasteiger partial charge in [0.05, 0.1) is 24.1 Å². The molecule has 1 heterocycles. The van der Waals surface area contributed by atoms with Crippen molar-refractivity contribution in [1.29, 1.82) is 0 Å². The van der Waals surface area contributed by atoms with Gasteiger partial charge in [-0.25, -0.2) is 9.97 Å². The highest BCUT2D eigenvalue weighted by atomic mass is 79.9. The molecule has 2 aromatic rings. The first kappa shape index (κ1) is 12.3. The van der Waals surface area contributed by atoms with Crippen LogP contribution in [0.2, 0.25) is 5.02 Å². The first-order chi connectivity index (χ1) is 8.16. The Morgan fingerprint density at radius 2 is 2.00 bits per heavy atom. The van der Waals surface area contributed by atoms with Crippen molar-refractivity contribution >= 4 is 33.2 Å². The van der Waals surface area contributed by atoms with Crippen LogP contribution in [0.15, 0.2) is 41.4 Å². The Labute approximate surface area is 113 Å². The number of hydrogen-bond donors (Lipinski definition) is 1. The summed E-state index contributed by atoms with van der Waals surface area (Å²) in [6.45, 7) is 2.04. The molecule has 88 valence electrons. The predicted octanol–water partition coefficient (Wildman–Crippen LogP) is 4.07. The molecule has 0 saturated carbocycles. The van der Waals surface area contributed by atoms with Gasteiger partial charge < -0.3 is 5.32 Å². The molecule has 1 N–H and O–H groups in total. The van der Waals surface area contributed by atoms with Crippen molar-refractivity contribution in [2.75, 3.05) is 5.32 Å². The number of benzene rings is 1. The summed E-state index contributed by atoms with van der Waals surface area (Å²) in [5.74, 6) is 0. The van der Waals surface area contributed by atoms with Crippen molar-refractivity contribution in [3.8, 4) is 0 Å². The minimum atomic E-state index is 0.0987. The Morgan fingerprint density at radius 3 is 2.65 bits per heavy atom. The van der Waals surface area contributed by atoms with E-state index in [1.807, 2.05) is 25.1 Å². The van der Waals surface area contributed by atoms with Crippen LogP contribution in [0.5, 0.6) is 0 Å². The molecule has 17 heavy (non-hydrogen) atoms. The van der Waals surface area contributed by atoms with Gasteiger partial charge in [-0.15, -0.1) is 0 Å². The topological polar surface area (TPSA) is 37.8 Å². The van der Waals surface area contributed by atoms with Crippen LogP contribution in [0.25, 0.3) is 0 Å². The van der Waals surface area contributed by atoms with Crippen molar-refractivity contribution in [3.63, 3.8) is 0 Å². The van der Waals surface area contributed by atoms with Crippen LogP contribution >= 0.6 is 27.5 Å². The second-order valence-electron chi connectivity index (χ2n) is 3.66.